The fourth-order valence-electron chi connectivity index (χ4n) is 3.07. The molecule has 1 atom stereocenters. The molecule has 0 aliphatic carbocycles. The predicted octanol–water partition coefficient (Wildman–Crippen LogP) is 0.293. The molecule has 2 aromatic rings. The van der Waals surface area contributed by atoms with E-state index in [1.807, 2.05) is 0 Å². The number of rotatable bonds is 12. The van der Waals surface area contributed by atoms with Gasteiger partial charge in [0, 0.05) is 18.0 Å². The average Bonchev–Trinajstić information content (AvgIpc) is 2.64. The third kappa shape index (κ3) is 6.29. The quantitative estimate of drug-likeness (QED) is 0.234. The Morgan fingerprint density at radius 3 is 2.27 bits per heavy atom. The van der Waals surface area contributed by atoms with Crippen LogP contribution in [0.5, 0.6) is 5.75 Å². The molecular formula is C19H22N2O9. The van der Waals surface area contributed by atoms with Crippen LogP contribution in [0.3, 0.4) is 0 Å². The summed E-state index contributed by atoms with van der Waals surface area (Å²) in [5, 5.41) is 40.9. The summed E-state index contributed by atoms with van der Waals surface area (Å²) >= 11 is 0. The number of phenols is 1. The van der Waals surface area contributed by atoms with E-state index in [0.717, 1.165) is 4.90 Å². The Morgan fingerprint density at radius 1 is 1.03 bits per heavy atom. The van der Waals surface area contributed by atoms with Gasteiger partial charge in [-0.15, -0.1) is 0 Å². The van der Waals surface area contributed by atoms with E-state index in [1.165, 1.54) is 12.1 Å². The van der Waals surface area contributed by atoms with Crippen molar-refractivity contribution in [3.05, 3.63) is 40.2 Å². The molecule has 11 nitrogen and oxygen atoms in total. The summed E-state index contributed by atoms with van der Waals surface area (Å²) in [6.07, 6.45) is 0.307. The number of benzene rings is 1. The van der Waals surface area contributed by atoms with E-state index >= 15 is 0 Å². The largest absolute Gasteiger partial charge is 0.507 e. The van der Waals surface area contributed by atoms with Crippen molar-refractivity contribution in [2.75, 3.05) is 19.6 Å². The standard InChI is InChI=1S/C19H22N2O9/c22-14-5-3-11-4-6-17(27)30-18(11)12(14)8-20-7-1-2-13(19(28)29)21(9-15(23)24)10-16(25)26/h3-6,13,20,22H,1-2,7-10H2,(H,23,24)(H,25,26)(H,28,29)/t13-/m0/s1. The molecule has 1 heterocycles. The zero-order valence-corrected chi connectivity index (χ0v) is 15.9. The number of fused-ring (bicyclic) bond motifs is 1. The first-order valence-electron chi connectivity index (χ1n) is 9.05. The van der Waals surface area contributed by atoms with E-state index in [0.29, 0.717) is 23.9 Å². The smallest absolute Gasteiger partial charge is 0.336 e. The molecule has 0 aliphatic heterocycles. The van der Waals surface area contributed by atoms with Crippen molar-refractivity contribution in [1.29, 1.82) is 0 Å². The zero-order chi connectivity index (χ0) is 22.3. The Balaban J connectivity index is 1.98. The molecule has 0 amide bonds. The van der Waals surface area contributed by atoms with E-state index in [1.54, 1.807) is 12.1 Å². The third-order valence-electron chi connectivity index (χ3n) is 4.40. The molecule has 0 spiro atoms. The van der Waals surface area contributed by atoms with Gasteiger partial charge in [0.2, 0.25) is 0 Å². The fraction of sp³-hybridized carbons (Fsp3) is 0.368. The molecular weight excluding hydrogens is 400 g/mol. The number of aromatic hydroxyl groups is 1. The maximum absolute atomic E-state index is 11.5. The first kappa shape index (κ1) is 22.8. The number of nitrogens with one attached hydrogen (secondary N) is 1. The number of aliphatic carboxylic acids is 3. The van der Waals surface area contributed by atoms with Crippen LogP contribution in [0.25, 0.3) is 11.0 Å². The highest BCUT2D eigenvalue weighted by Crippen LogP contribution is 2.26. The van der Waals surface area contributed by atoms with Gasteiger partial charge in [0.15, 0.2) is 0 Å². The van der Waals surface area contributed by atoms with Gasteiger partial charge >= 0.3 is 23.5 Å². The summed E-state index contributed by atoms with van der Waals surface area (Å²) in [4.78, 5) is 45.7. The molecule has 2 rings (SSSR count). The van der Waals surface area contributed by atoms with Crippen molar-refractivity contribution in [2.24, 2.45) is 0 Å². The van der Waals surface area contributed by atoms with Gasteiger partial charge in [0.1, 0.15) is 17.4 Å². The van der Waals surface area contributed by atoms with E-state index < -0.39 is 42.7 Å². The number of carbonyl (C=O) groups is 3. The highest BCUT2D eigenvalue weighted by Gasteiger charge is 2.28. The van der Waals surface area contributed by atoms with Crippen molar-refractivity contribution in [3.8, 4) is 5.75 Å². The van der Waals surface area contributed by atoms with Gasteiger partial charge in [0.25, 0.3) is 0 Å². The van der Waals surface area contributed by atoms with Gasteiger partial charge in [-0.25, -0.2) is 4.79 Å². The summed E-state index contributed by atoms with van der Waals surface area (Å²) in [7, 11) is 0. The number of hydrogen-bond donors (Lipinski definition) is 5. The first-order valence-corrected chi connectivity index (χ1v) is 9.05. The second-order valence-corrected chi connectivity index (χ2v) is 6.60. The van der Waals surface area contributed by atoms with Gasteiger partial charge < -0.3 is 30.2 Å². The maximum atomic E-state index is 11.5. The predicted molar refractivity (Wildman–Crippen MR) is 103 cm³/mol. The van der Waals surface area contributed by atoms with Crippen LogP contribution in [0.15, 0.2) is 33.5 Å². The summed E-state index contributed by atoms with van der Waals surface area (Å²) in [5.74, 6) is -4.03. The van der Waals surface area contributed by atoms with Crippen LogP contribution in [0.2, 0.25) is 0 Å². The van der Waals surface area contributed by atoms with Crippen LogP contribution in [0, 0.1) is 0 Å². The van der Waals surface area contributed by atoms with Crippen LogP contribution in [-0.4, -0.2) is 68.9 Å². The van der Waals surface area contributed by atoms with Gasteiger partial charge in [-0.2, -0.15) is 0 Å². The van der Waals surface area contributed by atoms with Crippen molar-refractivity contribution >= 4 is 28.9 Å². The number of carboxylic acid groups (broad SMARTS) is 3. The lowest BCUT2D eigenvalue weighted by Crippen LogP contribution is -2.46. The Morgan fingerprint density at radius 2 is 1.67 bits per heavy atom. The molecule has 30 heavy (non-hydrogen) atoms. The highest BCUT2D eigenvalue weighted by molar-refractivity contribution is 5.82. The van der Waals surface area contributed by atoms with Crippen LogP contribution in [0.4, 0.5) is 0 Å². The molecule has 0 bridgehead atoms. The highest BCUT2D eigenvalue weighted by atomic mass is 16.4. The molecule has 0 radical (unpaired) electrons. The first-order chi connectivity index (χ1) is 14.2. The normalized spacial score (nSPS) is 12.2. The molecule has 0 saturated heterocycles. The number of hydrogen-bond acceptors (Lipinski definition) is 8. The van der Waals surface area contributed by atoms with Gasteiger partial charge in [-0.05, 0) is 37.6 Å². The minimum atomic E-state index is -1.33. The average molecular weight is 422 g/mol. The van der Waals surface area contributed by atoms with Gasteiger partial charge in [-0.1, -0.05) is 0 Å². The lowest BCUT2D eigenvalue weighted by Gasteiger charge is -2.25. The summed E-state index contributed by atoms with van der Waals surface area (Å²) in [5.41, 5.74) is 0.0569. The maximum Gasteiger partial charge on any atom is 0.336 e. The lowest BCUT2D eigenvalue weighted by molar-refractivity contribution is -0.149. The zero-order valence-electron chi connectivity index (χ0n) is 15.9. The molecule has 1 aromatic carbocycles. The van der Waals surface area contributed by atoms with E-state index in [9.17, 15) is 29.4 Å². The van der Waals surface area contributed by atoms with Gasteiger partial charge in [-0.3, -0.25) is 19.3 Å². The molecule has 0 fully saturated rings. The number of nitrogens with zero attached hydrogens (tertiary/aromatic N) is 1. The number of phenolic OH excluding ortho intramolecular Hbond substituents is 1. The second-order valence-electron chi connectivity index (χ2n) is 6.60. The Bertz CT molecular complexity index is 970. The lowest BCUT2D eigenvalue weighted by atomic mass is 10.1. The van der Waals surface area contributed by atoms with Crippen molar-refractivity contribution in [2.45, 2.75) is 25.4 Å². The molecule has 162 valence electrons. The molecule has 0 aliphatic rings. The second kappa shape index (κ2) is 10.4. The van der Waals surface area contributed by atoms with Gasteiger partial charge in [0.05, 0.1) is 18.7 Å². The topological polar surface area (TPSA) is 178 Å². The minimum absolute atomic E-state index is 0.0134. The van der Waals surface area contributed by atoms with Crippen molar-refractivity contribution in [3.63, 3.8) is 0 Å². The minimum Gasteiger partial charge on any atom is -0.507 e. The summed E-state index contributed by atoms with van der Waals surface area (Å²) < 4.78 is 5.15. The Hall–Kier alpha value is -3.44. The van der Waals surface area contributed by atoms with E-state index in [4.69, 9.17) is 14.6 Å². The fourth-order valence-corrected chi connectivity index (χ4v) is 3.07. The monoisotopic (exact) mass is 422 g/mol. The van der Waals surface area contributed by atoms with Crippen molar-refractivity contribution in [1.82, 2.24) is 10.2 Å². The molecule has 1 aromatic heterocycles. The molecule has 0 unspecified atom stereocenters. The van der Waals surface area contributed by atoms with Crippen LogP contribution < -0.4 is 10.9 Å². The molecule has 0 saturated carbocycles. The van der Waals surface area contributed by atoms with Crippen LogP contribution in [0.1, 0.15) is 18.4 Å². The molecule has 11 heteroatoms. The van der Waals surface area contributed by atoms with E-state index in [-0.39, 0.29) is 24.3 Å². The van der Waals surface area contributed by atoms with E-state index in [2.05, 4.69) is 5.32 Å². The third-order valence-corrected chi connectivity index (χ3v) is 4.40. The SMILES string of the molecule is O=C(O)CN(CC(=O)O)[C@@H](CCCNCc1c(O)ccc2ccc(=O)oc12)C(=O)O. The van der Waals surface area contributed by atoms with Crippen molar-refractivity contribution < 1.29 is 39.2 Å². The summed E-state index contributed by atoms with van der Waals surface area (Å²) in [6, 6.07) is 4.63. The number of carboxylic acids is 3. The summed E-state index contributed by atoms with van der Waals surface area (Å²) in [6.45, 7) is -0.980. The van der Waals surface area contributed by atoms with Crippen LogP contribution in [-0.2, 0) is 20.9 Å². The molecule has 5 N–H and O–H groups in total. The Labute approximate surface area is 170 Å². The Kier molecular flexibility index (Phi) is 7.90. The van der Waals surface area contributed by atoms with Crippen LogP contribution >= 0.6 is 0 Å².